The Morgan fingerprint density at radius 2 is 2.02 bits per heavy atom. The van der Waals surface area contributed by atoms with Gasteiger partial charge in [0.15, 0.2) is 12.3 Å². The molecule has 2 unspecified atom stereocenters. The summed E-state index contributed by atoms with van der Waals surface area (Å²) in [5.74, 6) is -0.0000198. The van der Waals surface area contributed by atoms with Gasteiger partial charge >= 0.3 is 5.97 Å². The second kappa shape index (κ2) is 10.4. The monoisotopic (exact) mass is 547 g/mol. The second-order valence-electron chi connectivity index (χ2n) is 11.7. The van der Waals surface area contributed by atoms with Crippen LogP contribution in [-0.2, 0) is 19.2 Å². The average Bonchev–Trinajstić information content (AvgIpc) is 3.74. The highest BCUT2D eigenvalue weighted by Crippen LogP contribution is 2.82. The number of nitrogens with two attached hydrogens (primary N) is 1. The van der Waals surface area contributed by atoms with Crippen LogP contribution in [0.3, 0.4) is 0 Å². The molecule has 4 aliphatic carbocycles. The van der Waals surface area contributed by atoms with Gasteiger partial charge in [-0.25, -0.2) is 9.78 Å². The number of rotatable bonds is 10. The maximum absolute atomic E-state index is 14.0. The minimum atomic E-state index is -0.858. The van der Waals surface area contributed by atoms with Gasteiger partial charge < -0.3 is 24.8 Å². The van der Waals surface area contributed by atoms with Crippen LogP contribution in [0.2, 0.25) is 0 Å². The molecule has 10 heteroatoms. The summed E-state index contributed by atoms with van der Waals surface area (Å²) in [7, 11) is 0. The quantitative estimate of drug-likeness (QED) is 0.275. The first kappa shape index (κ1) is 26.5. The number of carbonyl (C=O) groups excluding carboxylic acids is 2. The molecule has 1 amide bonds. The van der Waals surface area contributed by atoms with Gasteiger partial charge in [0.05, 0.1) is 17.6 Å². The lowest BCUT2D eigenvalue weighted by Crippen LogP contribution is -2.56. The Hall–Kier alpha value is -3.69. The summed E-state index contributed by atoms with van der Waals surface area (Å²) in [6, 6.07) is 7.51. The molecule has 40 heavy (non-hydrogen) atoms. The number of piperidine rings is 1. The van der Waals surface area contributed by atoms with E-state index in [1.165, 1.54) is 32.1 Å². The van der Waals surface area contributed by atoms with Gasteiger partial charge in [-0.1, -0.05) is 17.3 Å². The number of esters is 1. The summed E-state index contributed by atoms with van der Waals surface area (Å²) in [5, 5.41) is 3.77. The summed E-state index contributed by atoms with van der Waals surface area (Å²) >= 11 is 0. The fourth-order valence-corrected chi connectivity index (χ4v) is 7.15. The van der Waals surface area contributed by atoms with E-state index >= 15 is 0 Å². The molecule has 4 atom stereocenters. The number of amides is 1. The largest absolute Gasteiger partial charge is 0.461 e. The fraction of sp³-hybridized carbons (Fsp3) is 0.567. The summed E-state index contributed by atoms with van der Waals surface area (Å²) in [4.78, 5) is 50.0. The molecule has 1 spiro atoms. The summed E-state index contributed by atoms with van der Waals surface area (Å²) in [5.41, 5.74) is 7.68. The molecule has 5 aliphatic rings. The molecule has 2 N–H and O–H groups in total. The number of likely N-dealkylation sites (tertiary alicyclic amines) is 1. The summed E-state index contributed by atoms with van der Waals surface area (Å²) < 4.78 is 6.84. The number of fused-ring (bicyclic) bond motifs is 1. The highest BCUT2D eigenvalue weighted by molar-refractivity contribution is 6.42. The highest BCUT2D eigenvalue weighted by atomic mass is 16.6. The smallest absolute Gasteiger partial charge is 0.362 e. The van der Waals surface area contributed by atoms with E-state index in [2.05, 4.69) is 21.2 Å². The van der Waals surface area contributed by atoms with Crippen molar-refractivity contribution < 1.29 is 19.2 Å². The van der Waals surface area contributed by atoms with E-state index in [-0.39, 0.29) is 24.1 Å². The molecule has 5 fully saturated rings. The van der Waals surface area contributed by atoms with Crippen LogP contribution in [0.1, 0.15) is 70.5 Å². The number of primary amides is 1. The maximum Gasteiger partial charge on any atom is 0.362 e. The van der Waals surface area contributed by atoms with Crippen molar-refractivity contribution in [3.63, 3.8) is 0 Å². The average molecular weight is 548 g/mol. The predicted octanol–water partition coefficient (Wildman–Crippen LogP) is 3.29. The topological polar surface area (TPSA) is 129 Å². The molecule has 212 valence electrons. The Balaban J connectivity index is 1.32. The Bertz CT molecular complexity index is 1440. The van der Waals surface area contributed by atoms with Crippen LogP contribution < -0.4 is 11.3 Å². The normalized spacial score (nSPS) is 25.1. The van der Waals surface area contributed by atoms with Crippen molar-refractivity contribution in [3.05, 3.63) is 52.1 Å². The lowest BCUT2D eigenvalue weighted by atomic mass is 9.42. The molecule has 4 saturated carbocycles. The van der Waals surface area contributed by atoms with Gasteiger partial charge in [-0.2, -0.15) is 0 Å². The van der Waals surface area contributed by atoms with Crippen LogP contribution in [0, 0.1) is 17.3 Å². The molecule has 1 aliphatic heterocycles. The first-order valence-electron chi connectivity index (χ1n) is 14.5. The van der Waals surface area contributed by atoms with E-state index < -0.39 is 24.0 Å². The number of hydrogen-bond donors (Lipinski definition) is 1. The van der Waals surface area contributed by atoms with Crippen LogP contribution >= 0.6 is 0 Å². The minimum absolute atomic E-state index is 0.0711. The number of nitrogens with zero attached hydrogens (tertiary/aromatic N) is 4. The van der Waals surface area contributed by atoms with Crippen LogP contribution in [0.5, 0.6) is 0 Å². The SMILES string of the molecule is CCOC(=O)/C(=N\OCC(N)=O)c1nc2ccccc2n([C@@H](C)C[C@@H]2CCCCN2C=C2C3CC2C32CC2)c1=O. The molecule has 1 aromatic carbocycles. The first-order valence-corrected chi connectivity index (χ1v) is 14.5. The Morgan fingerprint density at radius 3 is 2.73 bits per heavy atom. The Morgan fingerprint density at radius 1 is 1.25 bits per heavy atom. The van der Waals surface area contributed by atoms with Crippen LogP contribution in [-0.4, -0.2) is 57.8 Å². The lowest BCUT2D eigenvalue weighted by Gasteiger charge is -2.63. The Labute approximate surface area is 233 Å². The minimum Gasteiger partial charge on any atom is -0.461 e. The van der Waals surface area contributed by atoms with Crippen LogP contribution in [0.25, 0.3) is 11.0 Å². The van der Waals surface area contributed by atoms with Gasteiger partial charge in [0.25, 0.3) is 11.5 Å². The van der Waals surface area contributed by atoms with Crippen molar-refractivity contribution in [2.75, 3.05) is 19.8 Å². The number of carbonyl (C=O) groups is 2. The van der Waals surface area contributed by atoms with E-state index in [1.807, 2.05) is 25.1 Å². The van der Waals surface area contributed by atoms with Crippen molar-refractivity contribution in [2.45, 2.75) is 70.9 Å². The molecule has 2 bridgehead atoms. The second-order valence-corrected chi connectivity index (χ2v) is 11.7. The number of allylic oxidation sites excluding steroid dienone is 1. The van der Waals surface area contributed by atoms with Gasteiger partial charge in [0.2, 0.25) is 5.71 Å². The Kier molecular flexibility index (Phi) is 6.88. The molecule has 2 aromatic rings. The van der Waals surface area contributed by atoms with Gasteiger partial charge in [0, 0.05) is 18.6 Å². The van der Waals surface area contributed by atoms with E-state index in [1.54, 1.807) is 23.1 Å². The number of hydrogen-bond acceptors (Lipinski definition) is 8. The van der Waals surface area contributed by atoms with Crippen molar-refractivity contribution in [2.24, 2.45) is 28.1 Å². The number of benzene rings is 1. The zero-order valence-electron chi connectivity index (χ0n) is 23.2. The van der Waals surface area contributed by atoms with Gasteiger partial charge in [0.1, 0.15) is 0 Å². The van der Waals surface area contributed by atoms with Crippen molar-refractivity contribution in [3.8, 4) is 0 Å². The van der Waals surface area contributed by atoms with Crippen LogP contribution in [0.15, 0.2) is 46.0 Å². The third kappa shape index (κ3) is 4.47. The third-order valence-corrected chi connectivity index (χ3v) is 9.38. The van der Waals surface area contributed by atoms with Crippen molar-refractivity contribution in [1.29, 1.82) is 0 Å². The van der Waals surface area contributed by atoms with E-state index in [9.17, 15) is 14.4 Å². The van der Waals surface area contributed by atoms with Gasteiger partial charge in [-0.3, -0.25) is 9.59 Å². The highest BCUT2D eigenvalue weighted by Gasteiger charge is 2.73. The molecular formula is C30H37N5O5. The number of ether oxygens (including phenoxy) is 1. The first-order chi connectivity index (χ1) is 19.3. The van der Waals surface area contributed by atoms with Crippen molar-refractivity contribution >= 4 is 28.6 Å². The molecule has 2 heterocycles. The number of aromatic nitrogens is 2. The molecule has 0 radical (unpaired) electrons. The summed E-state index contributed by atoms with van der Waals surface area (Å²) in [6.45, 7) is 4.26. The van der Waals surface area contributed by atoms with Crippen molar-refractivity contribution in [1.82, 2.24) is 14.5 Å². The predicted molar refractivity (Wildman–Crippen MR) is 149 cm³/mol. The number of para-hydroxylation sites is 2. The standard InChI is InChI=1S/C30H37N5O5/c1-3-39-29(38)27(33-40-17-25(31)36)26-28(37)35(24-10-5-4-9-23(24)32-26)18(2)14-19-8-6-7-13-34(19)16-20-21-15-22(20)30(21)11-12-30/h4-5,9-10,16,18-19,21-22H,3,6-8,11-15,17H2,1-2H3,(H2,31,36)/b20-16?,33-27-/t18-,19-,21?,22?/m0/s1. The molecule has 7 rings (SSSR count). The van der Waals surface area contributed by atoms with Gasteiger partial charge in [-0.05, 0) is 99.9 Å². The van der Waals surface area contributed by atoms with E-state index in [0.29, 0.717) is 22.5 Å². The van der Waals surface area contributed by atoms with E-state index in [4.69, 9.17) is 15.3 Å². The molecular weight excluding hydrogens is 510 g/mol. The lowest BCUT2D eigenvalue weighted by molar-refractivity contribution is -0.135. The third-order valence-electron chi connectivity index (χ3n) is 9.38. The molecule has 1 aromatic heterocycles. The van der Waals surface area contributed by atoms with E-state index in [0.717, 1.165) is 31.2 Å². The number of oxime groups is 1. The fourth-order valence-electron chi connectivity index (χ4n) is 7.15. The maximum atomic E-state index is 14.0. The zero-order valence-corrected chi connectivity index (χ0v) is 23.2. The van der Waals surface area contributed by atoms with Gasteiger partial charge in [-0.15, -0.1) is 0 Å². The summed E-state index contributed by atoms with van der Waals surface area (Å²) in [6.07, 6.45) is 10.9. The van der Waals surface area contributed by atoms with Crippen LogP contribution in [0.4, 0.5) is 0 Å². The zero-order chi connectivity index (χ0) is 28.0. The molecule has 1 saturated heterocycles. The molecule has 10 nitrogen and oxygen atoms in total.